The minimum absolute atomic E-state index is 0.0499. The number of anilines is 1. The van der Waals surface area contributed by atoms with E-state index in [1.807, 2.05) is 48.5 Å². The third-order valence-electron chi connectivity index (χ3n) is 5.68. The fraction of sp³-hybridized carbons (Fsp3) is 0.391. The quantitative estimate of drug-likeness (QED) is 0.633. The number of likely N-dealkylation sites (tertiary alicyclic amines) is 1. The summed E-state index contributed by atoms with van der Waals surface area (Å²) in [5, 5.41) is 3.01. The second-order valence-corrected chi connectivity index (χ2v) is 7.80. The minimum Gasteiger partial charge on any atom is -0.326 e. The fourth-order valence-electron chi connectivity index (χ4n) is 4.15. The molecule has 1 atom stereocenters. The summed E-state index contributed by atoms with van der Waals surface area (Å²) in [4.78, 5) is 26.9. The van der Waals surface area contributed by atoms with Crippen molar-refractivity contribution in [2.24, 2.45) is 0 Å². The van der Waals surface area contributed by atoms with E-state index >= 15 is 0 Å². The first-order valence-corrected chi connectivity index (χ1v) is 10.5. The Morgan fingerprint density at radius 1 is 1.07 bits per heavy atom. The molecule has 4 rings (SSSR count). The number of nitrogens with zero attached hydrogens (tertiary/aromatic N) is 1. The Hall–Kier alpha value is -2.70. The lowest BCUT2D eigenvalue weighted by atomic mass is 9.93. The summed E-state index contributed by atoms with van der Waals surface area (Å²) in [7, 11) is 0. The summed E-state index contributed by atoms with van der Waals surface area (Å²) in [6, 6.07) is 15.2. The molecule has 2 aromatic rings. The Morgan fingerprint density at radius 2 is 1.90 bits per heavy atom. The summed E-state index contributed by atoms with van der Waals surface area (Å²) < 4.78 is 0. The maximum Gasteiger partial charge on any atom is 0.265 e. The molecule has 6 heteroatoms. The summed E-state index contributed by atoms with van der Waals surface area (Å²) in [5.41, 5.74) is 9.17. The first kappa shape index (κ1) is 19.6. The number of unbranched alkanes of at least 4 members (excludes halogenated alkanes) is 1. The first-order valence-electron chi connectivity index (χ1n) is 10.5. The van der Waals surface area contributed by atoms with Crippen LogP contribution in [0, 0.1) is 0 Å². The van der Waals surface area contributed by atoms with Crippen molar-refractivity contribution in [3.63, 3.8) is 0 Å². The van der Waals surface area contributed by atoms with Gasteiger partial charge in [-0.05, 0) is 74.6 Å². The van der Waals surface area contributed by atoms with Gasteiger partial charge in [0.25, 0.3) is 5.91 Å². The predicted molar refractivity (Wildman–Crippen MR) is 113 cm³/mol. The summed E-state index contributed by atoms with van der Waals surface area (Å²) >= 11 is 0. The van der Waals surface area contributed by atoms with E-state index in [1.54, 1.807) is 0 Å². The lowest BCUT2D eigenvalue weighted by Gasteiger charge is -2.27. The zero-order valence-electron chi connectivity index (χ0n) is 16.6. The van der Waals surface area contributed by atoms with Crippen molar-refractivity contribution in [1.82, 2.24) is 15.8 Å². The van der Waals surface area contributed by atoms with Gasteiger partial charge in [0.1, 0.15) is 0 Å². The van der Waals surface area contributed by atoms with Crippen molar-refractivity contribution >= 4 is 17.5 Å². The molecule has 0 aromatic heterocycles. The Labute approximate surface area is 171 Å². The van der Waals surface area contributed by atoms with E-state index in [1.165, 1.54) is 25.9 Å². The Morgan fingerprint density at radius 3 is 2.76 bits per heavy atom. The van der Waals surface area contributed by atoms with Gasteiger partial charge in [-0.3, -0.25) is 15.0 Å². The van der Waals surface area contributed by atoms with Gasteiger partial charge in [-0.25, -0.2) is 5.43 Å². The van der Waals surface area contributed by atoms with Crippen molar-refractivity contribution in [3.8, 4) is 0 Å². The summed E-state index contributed by atoms with van der Waals surface area (Å²) in [6.45, 7) is 3.51. The van der Waals surface area contributed by atoms with E-state index in [2.05, 4.69) is 21.1 Å². The molecule has 0 radical (unpaired) electrons. The largest absolute Gasteiger partial charge is 0.326 e. The van der Waals surface area contributed by atoms with Gasteiger partial charge in [-0.2, -0.15) is 0 Å². The van der Waals surface area contributed by atoms with E-state index in [-0.39, 0.29) is 17.9 Å². The average molecular weight is 393 g/mol. The zero-order valence-corrected chi connectivity index (χ0v) is 16.6. The van der Waals surface area contributed by atoms with Crippen LogP contribution in [0.4, 0.5) is 5.69 Å². The molecular formula is C23H28N4O2. The highest BCUT2D eigenvalue weighted by atomic mass is 16.2. The molecule has 2 aliphatic heterocycles. The number of rotatable bonds is 7. The van der Waals surface area contributed by atoms with Crippen LogP contribution in [-0.4, -0.2) is 36.3 Å². The Bertz CT molecular complexity index is 877. The third-order valence-corrected chi connectivity index (χ3v) is 5.68. The van der Waals surface area contributed by atoms with E-state index in [0.717, 1.165) is 36.2 Å². The molecular weight excluding hydrogens is 364 g/mol. The van der Waals surface area contributed by atoms with Crippen LogP contribution >= 0.6 is 0 Å². The smallest absolute Gasteiger partial charge is 0.265 e. The van der Waals surface area contributed by atoms with Crippen LogP contribution < -0.4 is 16.2 Å². The number of carbonyl (C=O) groups excluding carboxylic acids is 2. The van der Waals surface area contributed by atoms with Crippen LogP contribution in [0.5, 0.6) is 0 Å². The fourth-order valence-corrected chi connectivity index (χ4v) is 4.15. The van der Waals surface area contributed by atoms with Crippen molar-refractivity contribution in [1.29, 1.82) is 0 Å². The van der Waals surface area contributed by atoms with Crippen LogP contribution in [-0.2, 0) is 4.79 Å². The third kappa shape index (κ3) is 4.83. The van der Waals surface area contributed by atoms with Crippen molar-refractivity contribution in [2.45, 2.75) is 38.1 Å². The van der Waals surface area contributed by atoms with Gasteiger partial charge in [0, 0.05) is 17.7 Å². The molecule has 0 saturated carbocycles. The molecule has 1 fully saturated rings. The molecule has 29 heavy (non-hydrogen) atoms. The van der Waals surface area contributed by atoms with Gasteiger partial charge >= 0.3 is 0 Å². The van der Waals surface area contributed by atoms with Gasteiger partial charge in [-0.1, -0.05) is 30.3 Å². The number of carbonyl (C=O) groups is 2. The summed E-state index contributed by atoms with van der Waals surface area (Å²) in [5.74, 6) is -0.0795. The Kier molecular flexibility index (Phi) is 6.22. The van der Waals surface area contributed by atoms with Gasteiger partial charge < -0.3 is 10.2 Å². The lowest BCUT2D eigenvalue weighted by Crippen LogP contribution is -2.45. The maximum absolute atomic E-state index is 12.3. The monoisotopic (exact) mass is 392 g/mol. The molecule has 1 unspecified atom stereocenters. The van der Waals surface area contributed by atoms with Gasteiger partial charge in [-0.15, -0.1) is 0 Å². The molecule has 0 spiro atoms. The molecule has 2 aliphatic rings. The lowest BCUT2D eigenvalue weighted by molar-refractivity contribution is -0.116. The number of fused-ring (bicyclic) bond motifs is 1. The maximum atomic E-state index is 12.3. The van der Waals surface area contributed by atoms with Crippen molar-refractivity contribution in [3.05, 3.63) is 65.2 Å². The van der Waals surface area contributed by atoms with Crippen molar-refractivity contribution < 1.29 is 9.59 Å². The Balaban J connectivity index is 1.34. The van der Waals surface area contributed by atoms with Crippen LogP contribution in [0.25, 0.3) is 0 Å². The van der Waals surface area contributed by atoms with Gasteiger partial charge in [0.05, 0.1) is 6.04 Å². The highest BCUT2D eigenvalue weighted by molar-refractivity contribution is 5.96. The summed E-state index contributed by atoms with van der Waals surface area (Å²) in [6.07, 6.45) is 5.13. The number of nitrogens with one attached hydrogen (secondary N) is 3. The van der Waals surface area contributed by atoms with Crippen molar-refractivity contribution in [2.75, 3.05) is 25.0 Å². The van der Waals surface area contributed by atoms with Crippen LogP contribution in [0.2, 0.25) is 0 Å². The number of benzene rings is 2. The minimum atomic E-state index is -0.152. The first-order chi connectivity index (χ1) is 14.2. The second kappa shape index (κ2) is 9.20. The van der Waals surface area contributed by atoms with Crippen LogP contribution in [0.3, 0.4) is 0 Å². The second-order valence-electron chi connectivity index (χ2n) is 7.80. The number of hydrogen-bond acceptors (Lipinski definition) is 4. The number of amides is 2. The predicted octanol–water partition coefficient (Wildman–Crippen LogP) is 3.23. The number of hydrogen-bond donors (Lipinski definition) is 3. The van der Waals surface area contributed by atoms with E-state index < -0.39 is 0 Å². The SMILES string of the molecule is O=C(CCCCN1CCCC1)Nc1cccc(C2NNC(=O)c3ccccc32)c1. The molecule has 1 saturated heterocycles. The standard InChI is InChI=1S/C23H28N4O2/c28-21(12-3-4-13-27-14-5-6-15-27)24-18-9-7-8-17(16-18)22-19-10-1-2-11-20(19)23(29)26-25-22/h1-2,7-11,16,22,25H,3-6,12-15H2,(H,24,28)(H,26,29). The normalized spacial score (nSPS) is 18.9. The molecule has 0 aliphatic carbocycles. The van der Waals surface area contributed by atoms with E-state index in [4.69, 9.17) is 0 Å². The molecule has 152 valence electrons. The molecule has 2 amide bonds. The highest BCUT2D eigenvalue weighted by Crippen LogP contribution is 2.28. The molecule has 3 N–H and O–H groups in total. The van der Waals surface area contributed by atoms with Crippen LogP contribution in [0.15, 0.2) is 48.5 Å². The van der Waals surface area contributed by atoms with Crippen LogP contribution in [0.1, 0.15) is 59.6 Å². The van der Waals surface area contributed by atoms with E-state index in [9.17, 15) is 9.59 Å². The highest BCUT2D eigenvalue weighted by Gasteiger charge is 2.25. The molecule has 2 heterocycles. The topological polar surface area (TPSA) is 73.5 Å². The molecule has 2 aromatic carbocycles. The average Bonchev–Trinajstić information content (AvgIpc) is 3.25. The van der Waals surface area contributed by atoms with Gasteiger partial charge in [0.2, 0.25) is 5.91 Å². The molecule has 0 bridgehead atoms. The van der Waals surface area contributed by atoms with E-state index in [0.29, 0.717) is 12.0 Å². The number of hydrazine groups is 1. The zero-order chi connectivity index (χ0) is 20.1. The van der Waals surface area contributed by atoms with Gasteiger partial charge in [0.15, 0.2) is 0 Å². The molecule has 6 nitrogen and oxygen atoms in total.